The highest BCUT2D eigenvalue weighted by Gasteiger charge is 2.18. The van der Waals surface area contributed by atoms with Gasteiger partial charge in [-0.15, -0.1) is 0 Å². The van der Waals surface area contributed by atoms with Crippen LogP contribution in [0.1, 0.15) is 52.6 Å². The molecule has 174 valence electrons. The second kappa shape index (κ2) is 10.2. The number of benzene rings is 3. The minimum absolute atomic E-state index is 0.102. The van der Waals surface area contributed by atoms with E-state index in [0.29, 0.717) is 0 Å². The van der Waals surface area contributed by atoms with Crippen LogP contribution >= 0.6 is 0 Å². The molecule has 3 aromatic rings. The molecule has 0 aliphatic heterocycles. The zero-order valence-electron chi connectivity index (χ0n) is 17.4. The monoisotopic (exact) mass is 466 g/mol. The minimum Gasteiger partial charge on any atom is -0.489 e. The first-order valence-electron chi connectivity index (χ1n) is 9.70. The number of carbonyl (C=O) groups is 4. The maximum Gasteiger partial charge on any atom is 0.336 e. The van der Waals surface area contributed by atoms with E-state index >= 15 is 0 Å². The molecule has 0 atom stereocenters. The van der Waals surface area contributed by atoms with Crippen LogP contribution in [0.3, 0.4) is 0 Å². The highest BCUT2D eigenvalue weighted by molar-refractivity contribution is 6.02. The lowest BCUT2D eigenvalue weighted by Gasteiger charge is -2.11. The Kier molecular flexibility index (Phi) is 7.12. The molecule has 0 amide bonds. The van der Waals surface area contributed by atoms with Gasteiger partial charge >= 0.3 is 23.9 Å². The van der Waals surface area contributed by atoms with E-state index < -0.39 is 23.9 Å². The molecule has 10 heteroatoms. The topological polar surface area (TPSA) is 168 Å². The van der Waals surface area contributed by atoms with Crippen molar-refractivity contribution in [2.45, 2.75) is 13.2 Å². The molecule has 0 bridgehead atoms. The van der Waals surface area contributed by atoms with Crippen molar-refractivity contribution in [1.29, 1.82) is 0 Å². The summed E-state index contributed by atoms with van der Waals surface area (Å²) in [6, 6.07) is 14.4. The van der Waals surface area contributed by atoms with E-state index in [4.69, 9.17) is 19.7 Å². The van der Waals surface area contributed by atoms with Gasteiger partial charge in [0.25, 0.3) is 0 Å². The predicted molar refractivity (Wildman–Crippen MR) is 116 cm³/mol. The first-order valence-corrected chi connectivity index (χ1v) is 9.70. The summed E-state index contributed by atoms with van der Waals surface area (Å²) < 4.78 is 11.1. The van der Waals surface area contributed by atoms with E-state index in [1.54, 1.807) is 24.3 Å². The van der Waals surface area contributed by atoms with Crippen LogP contribution in [-0.2, 0) is 13.2 Å². The molecule has 0 heterocycles. The molecule has 34 heavy (non-hydrogen) atoms. The lowest BCUT2D eigenvalue weighted by atomic mass is 10.1. The number of rotatable bonds is 10. The van der Waals surface area contributed by atoms with E-state index in [1.807, 2.05) is 0 Å². The number of hydrogen-bond acceptors (Lipinski definition) is 6. The average molecular weight is 466 g/mol. The molecule has 0 saturated heterocycles. The maximum absolute atomic E-state index is 11.3. The quantitative estimate of drug-likeness (QED) is 0.346. The van der Waals surface area contributed by atoms with Crippen LogP contribution in [0.2, 0.25) is 0 Å². The summed E-state index contributed by atoms with van der Waals surface area (Å²) >= 11 is 0. The second-order valence-electron chi connectivity index (χ2n) is 7.03. The van der Waals surface area contributed by atoms with Crippen LogP contribution in [-0.4, -0.2) is 44.3 Å². The first-order chi connectivity index (χ1) is 16.2. The lowest BCUT2D eigenvalue weighted by molar-refractivity contribution is 0.0651. The Balaban J connectivity index is 1.62. The van der Waals surface area contributed by atoms with Gasteiger partial charge in [-0.05, 0) is 47.5 Å². The molecule has 4 N–H and O–H groups in total. The lowest BCUT2D eigenvalue weighted by Crippen LogP contribution is -2.08. The number of ether oxygens (including phenoxy) is 2. The molecule has 3 aromatic carbocycles. The van der Waals surface area contributed by atoms with Gasteiger partial charge in [-0.25, -0.2) is 19.2 Å². The van der Waals surface area contributed by atoms with Crippen LogP contribution < -0.4 is 9.47 Å². The SMILES string of the molecule is O=C(O)c1ccc(OCc2ccc(COc3ccc(C(=O)O)c(C(=O)O)c3)cc2)cc1C(=O)O. The summed E-state index contributed by atoms with van der Waals surface area (Å²) in [5.41, 5.74) is 0.0817. The second-order valence-corrected chi connectivity index (χ2v) is 7.03. The summed E-state index contributed by atoms with van der Waals surface area (Å²) in [7, 11) is 0. The largest absolute Gasteiger partial charge is 0.489 e. The molecular formula is C24H18O10. The fourth-order valence-electron chi connectivity index (χ4n) is 3.02. The summed E-state index contributed by atoms with van der Waals surface area (Å²) in [4.78, 5) is 44.8. The molecular weight excluding hydrogens is 448 g/mol. The third-order valence-corrected chi connectivity index (χ3v) is 4.74. The highest BCUT2D eigenvalue weighted by atomic mass is 16.5. The zero-order chi connectivity index (χ0) is 24.8. The van der Waals surface area contributed by atoms with Crippen molar-refractivity contribution in [2.75, 3.05) is 0 Å². The molecule has 0 aliphatic carbocycles. The van der Waals surface area contributed by atoms with Gasteiger partial charge in [0.2, 0.25) is 0 Å². The maximum atomic E-state index is 11.3. The number of aromatic carboxylic acids is 4. The van der Waals surface area contributed by atoms with Crippen LogP contribution in [0.15, 0.2) is 60.7 Å². The van der Waals surface area contributed by atoms with Gasteiger partial charge in [-0.2, -0.15) is 0 Å². The van der Waals surface area contributed by atoms with Gasteiger partial charge in [0.15, 0.2) is 0 Å². The molecule has 0 spiro atoms. The van der Waals surface area contributed by atoms with Crippen LogP contribution in [0.4, 0.5) is 0 Å². The summed E-state index contributed by atoms with van der Waals surface area (Å²) in [6.45, 7) is 0.205. The van der Waals surface area contributed by atoms with Crippen LogP contribution in [0.25, 0.3) is 0 Å². The van der Waals surface area contributed by atoms with Gasteiger partial charge in [-0.3, -0.25) is 0 Å². The molecule has 0 saturated carbocycles. The number of carboxylic acid groups (broad SMARTS) is 4. The van der Waals surface area contributed by atoms with E-state index in [2.05, 4.69) is 0 Å². The van der Waals surface area contributed by atoms with Gasteiger partial charge < -0.3 is 29.9 Å². The standard InChI is InChI=1S/C24H18O10/c25-21(26)17-7-5-15(9-19(17)23(29)30)33-11-13-1-2-14(4-3-13)12-34-16-6-8-18(22(27)28)20(10-16)24(31)32/h1-10H,11-12H2,(H,25,26)(H,27,28)(H,29,30)(H,31,32). The van der Waals surface area contributed by atoms with Crippen molar-refractivity contribution in [2.24, 2.45) is 0 Å². The van der Waals surface area contributed by atoms with Crippen molar-refractivity contribution in [1.82, 2.24) is 0 Å². The third kappa shape index (κ3) is 5.68. The fourth-order valence-corrected chi connectivity index (χ4v) is 3.02. The molecule has 10 nitrogen and oxygen atoms in total. The van der Waals surface area contributed by atoms with Gasteiger partial charge in [0, 0.05) is 0 Å². The average Bonchev–Trinajstić information content (AvgIpc) is 2.81. The highest BCUT2D eigenvalue weighted by Crippen LogP contribution is 2.21. The molecule has 0 aromatic heterocycles. The summed E-state index contributed by atoms with van der Waals surface area (Å²) in [6.07, 6.45) is 0. The van der Waals surface area contributed by atoms with E-state index in [9.17, 15) is 29.4 Å². The van der Waals surface area contributed by atoms with Crippen molar-refractivity contribution in [3.8, 4) is 11.5 Å². The molecule has 3 rings (SSSR count). The van der Waals surface area contributed by atoms with Gasteiger partial charge in [-0.1, -0.05) is 24.3 Å². The Morgan fingerprint density at radius 1 is 0.500 bits per heavy atom. The van der Waals surface area contributed by atoms with E-state index in [-0.39, 0.29) is 47.0 Å². The molecule has 0 unspecified atom stereocenters. The van der Waals surface area contributed by atoms with Crippen molar-refractivity contribution >= 4 is 23.9 Å². The van der Waals surface area contributed by atoms with Crippen molar-refractivity contribution in [3.05, 3.63) is 94.0 Å². The Morgan fingerprint density at radius 3 is 1.12 bits per heavy atom. The fraction of sp³-hybridized carbons (Fsp3) is 0.0833. The van der Waals surface area contributed by atoms with Crippen LogP contribution in [0, 0.1) is 0 Å². The van der Waals surface area contributed by atoms with Crippen LogP contribution in [0.5, 0.6) is 11.5 Å². The summed E-state index contributed by atoms with van der Waals surface area (Å²) in [5, 5.41) is 36.5. The minimum atomic E-state index is -1.37. The Morgan fingerprint density at radius 2 is 0.824 bits per heavy atom. The Hall–Kier alpha value is -4.86. The third-order valence-electron chi connectivity index (χ3n) is 4.74. The predicted octanol–water partition coefficient (Wildman–Crippen LogP) is 3.64. The smallest absolute Gasteiger partial charge is 0.336 e. The summed E-state index contributed by atoms with van der Waals surface area (Å²) in [5.74, 6) is -5.04. The van der Waals surface area contributed by atoms with E-state index in [0.717, 1.165) is 23.3 Å². The molecule has 0 aliphatic rings. The van der Waals surface area contributed by atoms with Crippen molar-refractivity contribution < 1.29 is 49.1 Å². The molecule has 0 radical (unpaired) electrons. The molecule has 0 fully saturated rings. The van der Waals surface area contributed by atoms with Crippen molar-refractivity contribution in [3.63, 3.8) is 0 Å². The Labute approximate surface area is 192 Å². The van der Waals surface area contributed by atoms with Gasteiger partial charge in [0.05, 0.1) is 22.3 Å². The van der Waals surface area contributed by atoms with Gasteiger partial charge in [0.1, 0.15) is 24.7 Å². The van der Waals surface area contributed by atoms with E-state index in [1.165, 1.54) is 24.3 Å². The number of hydrogen-bond donors (Lipinski definition) is 4. The zero-order valence-corrected chi connectivity index (χ0v) is 17.4. The Bertz CT molecular complexity index is 1160. The first kappa shape index (κ1) is 23.8. The normalized spacial score (nSPS) is 10.4. The number of carboxylic acids is 4.